The second-order valence-electron chi connectivity index (χ2n) is 4.17. The van der Waals surface area contributed by atoms with Crippen molar-refractivity contribution in [3.05, 3.63) is 34.6 Å². The van der Waals surface area contributed by atoms with E-state index in [2.05, 4.69) is 4.74 Å². The van der Waals surface area contributed by atoms with E-state index in [0.29, 0.717) is 0 Å². The summed E-state index contributed by atoms with van der Waals surface area (Å²) in [7, 11) is -3.31. The van der Waals surface area contributed by atoms with Gasteiger partial charge in [0.1, 0.15) is 11.9 Å². The lowest BCUT2D eigenvalue weighted by atomic mass is 10.2. The minimum Gasteiger partial charge on any atom is -0.383 e. The number of ether oxygens (including phenoxy) is 1. The summed E-state index contributed by atoms with van der Waals surface area (Å²) >= 11 is 5.43. The number of hydrogen-bond acceptors (Lipinski definition) is 3. The number of halogens is 5. The van der Waals surface area contributed by atoms with Gasteiger partial charge in [0.15, 0.2) is 0 Å². The van der Waals surface area contributed by atoms with Gasteiger partial charge in [-0.15, -0.1) is 0 Å². The van der Waals surface area contributed by atoms with Crippen molar-refractivity contribution in [3.63, 3.8) is 0 Å². The third kappa shape index (κ3) is 5.77. The van der Waals surface area contributed by atoms with Crippen molar-refractivity contribution >= 4 is 21.6 Å². The van der Waals surface area contributed by atoms with Crippen LogP contribution in [0.4, 0.5) is 17.6 Å². The molecule has 0 aliphatic carbocycles. The number of rotatable bonds is 6. The van der Waals surface area contributed by atoms with Gasteiger partial charge in [0.25, 0.3) is 0 Å². The van der Waals surface area contributed by atoms with E-state index >= 15 is 0 Å². The van der Waals surface area contributed by atoms with Crippen LogP contribution in [-0.2, 0) is 20.5 Å². The molecule has 0 fully saturated rings. The van der Waals surface area contributed by atoms with Crippen molar-refractivity contribution in [2.24, 2.45) is 0 Å². The van der Waals surface area contributed by atoms with E-state index in [1.807, 2.05) is 0 Å². The van der Waals surface area contributed by atoms with Crippen molar-refractivity contribution < 1.29 is 30.7 Å². The third-order valence-corrected chi connectivity index (χ3v) is 4.05. The molecule has 1 atom stereocenters. The molecule has 0 saturated heterocycles. The van der Waals surface area contributed by atoms with Gasteiger partial charge in [-0.05, 0) is 17.7 Å². The number of methoxy groups -OCH3 is 1. The highest BCUT2D eigenvalue weighted by molar-refractivity contribution is 7.88. The molecule has 0 aliphatic heterocycles. The number of hydrogen-bond donors (Lipinski definition) is 1. The summed E-state index contributed by atoms with van der Waals surface area (Å²) < 4.78 is 80.2. The third-order valence-electron chi connectivity index (χ3n) is 2.39. The van der Waals surface area contributed by atoms with Gasteiger partial charge >= 0.3 is 6.18 Å². The highest BCUT2D eigenvalue weighted by Crippen LogP contribution is 2.22. The summed E-state index contributed by atoms with van der Waals surface area (Å²) in [6.45, 7) is -0.863. The molecule has 1 N–H and O–H groups in total. The molecule has 0 bridgehead atoms. The van der Waals surface area contributed by atoms with Gasteiger partial charge in [-0.3, -0.25) is 0 Å². The predicted octanol–water partition coefficient (Wildman–Crippen LogP) is 2.48. The fourth-order valence-electron chi connectivity index (χ4n) is 1.47. The monoisotopic (exact) mass is 349 g/mol. The molecule has 1 unspecified atom stereocenters. The number of sulfonamides is 1. The Hall–Kier alpha value is -0.900. The minimum absolute atomic E-state index is 0.0252. The average Bonchev–Trinajstić information content (AvgIpc) is 2.31. The molecule has 0 aromatic heterocycles. The van der Waals surface area contributed by atoms with Gasteiger partial charge in [0, 0.05) is 7.11 Å². The summed E-state index contributed by atoms with van der Waals surface area (Å²) in [5, 5.41) is -0.211. The highest BCUT2D eigenvalue weighted by atomic mass is 35.5. The van der Waals surface area contributed by atoms with Gasteiger partial charge in [-0.2, -0.15) is 13.2 Å². The second-order valence-corrected chi connectivity index (χ2v) is 6.34. The van der Waals surface area contributed by atoms with Gasteiger partial charge in [0.05, 0.1) is 17.4 Å². The van der Waals surface area contributed by atoms with E-state index in [4.69, 9.17) is 11.6 Å². The smallest absolute Gasteiger partial charge is 0.383 e. The Balaban J connectivity index is 2.87. The molecular weight excluding hydrogens is 338 g/mol. The Morgan fingerprint density at radius 2 is 2.00 bits per heavy atom. The molecule has 0 radical (unpaired) electrons. The molecule has 0 aliphatic rings. The standard InChI is InChI=1S/C11H12ClF4NO3S/c1-20-5-10(11(14,15)16)17-21(18,19)6-7-2-3-8(12)9(13)4-7/h2-4,10,17H,5-6H2,1H3. The lowest BCUT2D eigenvalue weighted by molar-refractivity contribution is -0.161. The maximum Gasteiger partial charge on any atom is 0.407 e. The number of benzene rings is 1. The molecule has 0 amide bonds. The Bertz CT molecular complexity index is 592. The van der Waals surface area contributed by atoms with Crippen LogP contribution in [0.2, 0.25) is 5.02 Å². The van der Waals surface area contributed by atoms with E-state index < -0.39 is 40.4 Å². The summed E-state index contributed by atoms with van der Waals surface area (Å²) in [5.74, 6) is -1.66. The summed E-state index contributed by atoms with van der Waals surface area (Å²) in [4.78, 5) is 0. The van der Waals surface area contributed by atoms with E-state index in [9.17, 15) is 26.0 Å². The van der Waals surface area contributed by atoms with Crippen LogP contribution in [0.1, 0.15) is 5.56 Å². The van der Waals surface area contributed by atoms with E-state index in [-0.39, 0.29) is 10.6 Å². The van der Waals surface area contributed by atoms with Crippen LogP contribution in [0.15, 0.2) is 18.2 Å². The molecule has 0 saturated carbocycles. The molecule has 0 heterocycles. The first-order valence-corrected chi connectivity index (χ1v) is 7.58. The summed E-state index contributed by atoms with van der Waals surface area (Å²) in [5.41, 5.74) is -0.0252. The van der Waals surface area contributed by atoms with E-state index in [0.717, 1.165) is 19.2 Å². The molecule has 4 nitrogen and oxygen atoms in total. The largest absolute Gasteiger partial charge is 0.407 e. The first-order chi connectivity index (χ1) is 9.55. The van der Waals surface area contributed by atoms with Gasteiger partial charge in [-0.1, -0.05) is 17.7 Å². The van der Waals surface area contributed by atoms with Crippen molar-refractivity contribution in [1.82, 2.24) is 4.72 Å². The Kier molecular flexibility index (Phi) is 5.97. The average molecular weight is 350 g/mol. The molecule has 21 heavy (non-hydrogen) atoms. The zero-order valence-electron chi connectivity index (χ0n) is 10.7. The van der Waals surface area contributed by atoms with Gasteiger partial charge in [-0.25, -0.2) is 17.5 Å². The minimum atomic E-state index is -4.80. The number of nitrogens with one attached hydrogen (secondary N) is 1. The van der Waals surface area contributed by atoms with Crippen LogP contribution in [0.3, 0.4) is 0 Å². The zero-order chi connectivity index (χ0) is 16.3. The highest BCUT2D eigenvalue weighted by Gasteiger charge is 2.42. The topological polar surface area (TPSA) is 55.4 Å². The van der Waals surface area contributed by atoms with Crippen LogP contribution >= 0.6 is 11.6 Å². The quantitative estimate of drug-likeness (QED) is 0.803. The van der Waals surface area contributed by atoms with Crippen LogP contribution in [-0.4, -0.2) is 34.4 Å². The molecule has 1 aromatic carbocycles. The first-order valence-electron chi connectivity index (χ1n) is 5.55. The normalized spacial score (nSPS) is 14.2. The molecule has 10 heteroatoms. The summed E-state index contributed by atoms with van der Waals surface area (Å²) in [6, 6.07) is 0.812. The maximum absolute atomic E-state index is 13.2. The van der Waals surface area contributed by atoms with Gasteiger partial charge < -0.3 is 4.74 Å². The fourth-order valence-corrected chi connectivity index (χ4v) is 2.92. The number of alkyl halides is 3. The van der Waals surface area contributed by atoms with E-state index in [1.54, 1.807) is 0 Å². The van der Waals surface area contributed by atoms with Crippen molar-refractivity contribution in [1.29, 1.82) is 0 Å². The Morgan fingerprint density at radius 1 is 1.38 bits per heavy atom. The zero-order valence-corrected chi connectivity index (χ0v) is 12.3. The first kappa shape index (κ1) is 18.1. The lowest BCUT2D eigenvalue weighted by Crippen LogP contribution is -2.48. The molecule has 0 spiro atoms. The van der Waals surface area contributed by atoms with Crippen molar-refractivity contribution in [2.45, 2.75) is 18.0 Å². The van der Waals surface area contributed by atoms with Crippen molar-refractivity contribution in [3.8, 4) is 0 Å². The predicted molar refractivity (Wildman–Crippen MR) is 68.9 cm³/mol. The van der Waals surface area contributed by atoms with Crippen LogP contribution in [0.5, 0.6) is 0 Å². The van der Waals surface area contributed by atoms with Crippen LogP contribution in [0, 0.1) is 5.82 Å². The second kappa shape index (κ2) is 6.91. The van der Waals surface area contributed by atoms with Crippen molar-refractivity contribution in [2.75, 3.05) is 13.7 Å². The van der Waals surface area contributed by atoms with Crippen LogP contribution in [0.25, 0.3) is 0 Å². The molecule has 1 aromatic rings. The summed E-state index contributed by atoms with van der Waals surface area (Å²) in [6.07, 6.45) is -4.80. The molecule has 1 rings (SSSR count). The van der Waals surface area contributed by atoms with Crippen LogP contribution < -0.4 is 4.72 Å². The lowest BCUT2D eigenvalue weighted by Gasteiger charge is -2.20. The molecule has 120 valence electrons. The maximum atomic E-state index is 13.2. The SMILES string of the molecule is COCC(NS(=O)(=O)Cc1ccc(Cl)c(F)c1)C(F)(F)F. The Morgan fingerprint density at radius 3 is 2.48 bits per heavy atom. The molecular formula is C11H12ClF4NO3S. The van der Waals surface area contributed by atoms with Gasteiger partial charge in [0.2, 0.25) is 10.0 Å². The van der Waals surface area contributed by atoms with E-state index in [1.165, 1.54) is 10.8 Å². The fraction of sp³-hybridized carbons (Fsp3) is 0.455. The Labute approximate surface area is 124 Å².